The van der Waals surface area contributed by atoms with E-state index in [0.29, 0.717) is 5.92 Å². The van der Waals surface area contributed by atoms with Gasteiger partial charge < -0.3 is 4.42 Å². The molecule has 4 atom stereocenters. The molecule has 1 aliphatic heterocycles. The van der Waals surface area contributed by atoms with Gasteiger partial charge in [-0.1, -0.05) is 171 Å². The zero-order valence-corrected chi connectivity index (χ0v) is 32.6. The average molecular weight is 749 g/mol. The van der Waals surface area contributed by atoms with Gasteiger partial charge in [0.1, 0.15) is 17.3 Å². The van der Waals surface area contributed by atoms with Gasteiger partial charge in [0, 0.05) is 39.6 Å². The second-order valence-electron chi connectivity index (χ2n) is 16.2. The van der Waals surface area contributed by atoms with Crippen molar-refractivity contribution >= 4 is 38.4 Å². The third kappa shape index (κ3) is 6.06. The Labute approximate surface area is 339 Å². The van der Waals surface area contributed by atoms with E-state index in [1.807, 2.05) is 0 Å². The Hall–Kier alpha value is -6.55. The van der Waals surface area contributed by atoms with Crippen molar-refractivity contribution in [2.45, 2.75) is 44.3 Å². The van der Waals surface area contributed by atoms with Gasteiger partial charge >= 0.3 is 0 Å². The van der Waals surface area contributed by atoms with Crippen LogP contribution in [0.1, 0.15) is 71.3 Å². The highest BCUT2D eigenvalue weighted by atomic mass is 16.3. The van der Waals surface area contributed by atoms with E-state index >= 15 is 0 Å². The monoisotopic (exact) mass is 748 g/mol. The van der Waals surface area contributed by atoms with Crippen LogP contribution in [-0.2, 0) is 6.42 Å². The van der Waals surface area contributed by atoms with Crippen LogP contribution in [0.3, 0.4) is 0 Å². The van der Waals surface area contributed by atoms with Gasteiger partial charge in [-0.05, 0) is 98.7 Å². The summed E-state index contributed by atoms with van der Waals surface area (Å²) in [5.41, 5.74) is 15.4. The fraction of sp³-hybridized carbons (Fsp3) is 0.145. The molecule has 0 saturated heterocycles. The fourth-order valence-electron chi connectivity index (χ4n) is 9.84. The summed E-state index contributed by atoms with van der Waals surface area (Å²) in [6.45, 7) is 2.39. The lowest BCUT2D eigenvalue weighted by Gasteiger charge is -2.32. The maximum Gasteiger partial charge on any atom is 0.139 e. The van der Waals surface area contributed by atoms with Crippen LogP contribution in [0.25, 0.3) is 55.0 Å². The summed E-state index contributed by atoms with van der Waals surface area (Å²) in [4.78, 5) is 5.74. The number of hydrogen-bond acceptors (Lipinski definition) is 3. The lowest BCUT2D eigenvalue weighted by atomic mass is 9.75. The summed E-state index contributed by atoms with van der Waals surface area (Å²) in [6.07, 6.45) is 2.52. The molecule has 3 heteroatoms. The third-order valence-corrected chi connectivity index (χ3v) is 12.8. The predicted molar refractivity (Wildman–Crippen MR) is 241 cm³/mol. The van der Waals surface area contributed by atoms with E-state index in [1.54, 1.807) is 0 Å². The molecule has 11 rings (SSSR count). The van der Waals surface area contributed by atoms with Gasteiger partial charge in [0.05, 0.1) is 0 Å². The van der Waals surface area contributed by atoms with Crippen molar-refractivity contribution in [1.29, 1.82) is 0 Å². The normalized spacial score (nSPS) is 20.2. The van der Waals surface area contributed by atoms with Gasteiger partial charge in [0.25, 0.3) is 0 Å². The van der Waals surface area contributed by atoms with Crippen molar-refractivity contribution < 1.29 is 4.42 Å². The van der Waals surface area contributed by atoms with Gasteiger partial charge in [-0.15, -0.1) is 0 Å². The first kappa shape index (κ1) is 34.7. The molecule has 0 saturated carbocycles. The summed E-state index contributed by atoms with van der Waals surface area (Å²) in [5.74, 6) is 0.532. The van der Waals surface area contributed by atoms with Crippen molar-refractivity contribution in [3.8, 4) is 22.3 Å². The zero-order chi connectivity index (χ0) is 38.6. The van der Waals surface area contributed by atoms with Gasteiger partial charge in [0.15, 0.2) is 0 Å². The highest BCUT2D eigenvalue weighted by molar-refractivity contribution is 6.10. The highest BCUT2D eigenvalue weighted by Crippen LogP contribution is 2.47. The first-order valence-corrected chi connectivity index (χ1v) is 20.7. The number of benzene rings is 8. The molecule has 4 unspecified atom stereocenters. The molecule has 58 heavy (non-hydrogen) atoms. The standard InChI is InChI=1S/C55H44N2O/c1-35-27-30-50(37-16-4-2-5-17-37)56-55(57-53(35)38-18-6-3-7-19-38)49-33-42(40-29-28-36-15-8-9-20-39(36)31-40)34-51-52(49)47-26-14-25-46(54(47)58-51)48-32-41-21-10-11-22-43(41)44-23-12-13-24-45(44)48/h2-26,28-29,31,33-35,48,53,55,57H,27,30,32H2,1H3/b56-50+. The summed E-state index contributed by atoms with van der Waals surface area (Å²) in [7, 11) is 0. The van der Waals surface area contributed by atoms with Crippen LogP contribution in [0, 0.1) is 5.92 Å². The van der Waals surface area contributed by atoms with E-state index in [4.69, 9.17) is 9.41 Å². The number of fused-ring (bicyclic) bond motifs is 7. The molecular weight excluding hydrogens is 705 g/mol. The fourth-order valence-corrected chi connectivity index (χ4v) is 9.84. The average Bonchev–Trinajstić information content (AvgIpc) is 3.67. The molecule has 1 N–H and O–H groups in total. The Kier molecular flexibility index (Phi) is 8.63. The molecule has 1 aliphatic carbocycles. The SMILES string of the molecule is CC1CC/C(c2ccccc2)=N\C(c2cc(-c3ccc4ccccc4c3)cc3oc4c(C5Cc6ccccc6-c6ccccc65)cccc4c23)NC1c1ccccc1. The van der Waals surface area contributed by atoms with E-state index in [1.165, 1.54) is 49.7 Å². The van der Waals surface area contributed by atoms with E-state index in [2.05, 4.69) is 194 Å². The van der Waals surface area contributed by atoms with Crippen LogP contribution in [0.2, 0.25) is 0 Å². The van der Waals surface area contributed by atoms with Crippen molar-refractivity contribution in [1.82, 2.24) is 5.32 Å². The van der Waals surface area contributed by atoms with Crippen molar-refractivity contribution in [2.24, 2.45) is 10.9 Å². The van der Waals surface area contributed by atoms with Crippen molar-refractivity contribution in [2.75, 3.05) is 0 Å². The minimum absolute atomic E-state index is 0.110. The van der Waals surface area contributed by atoms with Crippen LogP contribution in [0.15, 0.2) is 191 Å². The van der Waals surface area contributed by atoms with Crippen molar-refractivity contribution in [3.05, 3.63) is 215 Å². The number of aliphatic imine (C=N–C) groups is 1. The van der Waals surface area contributed by atoms with Gasteiger partial charge in [-0.3, -0.25) is 10.3 Å². The van der Waals surface area contributed by atoms with Crippen LogP contribution in [-0.4, -0.2) is 5.71 Å². The van der Waals surface area contributed by atoms with E-state index < -0.39 is 0 Å². The molecular formula is C55H44N2O. The van der Waals surface area contributed by atoms with E-state index in [9.17, 15) is 0 Å². The molecule has 3 nitrogen and oxygen atoms in total. The molecule has 280 valence electrons. The van der Waals surface area contributed by atoms with Crippen LogP contribution in [0.5, 0.6) is 0 Å². The number of nitrogens with zero attached hydrogens (tertiary/aromatic N) is 1. The molecule has 0 fully saturated rings. The van der Waals surface area contributed by atoms with Crippen molar-refractivity contribution in [3.63, 3.8) is 0 Å². The quantitative estimate of drug-likeness (QED) is 0.190. The lowest BCUT2D eigenvalue weighted by molar-refractivity contribution is 0.329. The third-order valence-electron chi connectivity index (χ3n) is 12.8. The van der Waals surface area contributed by atoms with Crippen LogP contribution in [0.4, 0.5) is 0 Å². The minimum Gasteiger partial charge on any atom is -0.456 e. The predicted octanol–water partition coefficient (Wildman–Crippen LogP) is 14.0. The zero-order valence-electron chi connectivity index (χ0n) is 32.6. The summed E-state index contributed by atoms with van der Waals surface area (Å²) >= 11 is 0. The lowest BCUT2D eigenvalue weighted by Crippen LogP contribution is -2.33. The van der Waals surface area contributed by atoms with E-state index in [0.717, 1.165) is 63.6 Å². The second kappa shape index (κ2) is 14.4. The van der Waals surface area contributed by atoms with Crippen LogP contribution >= 0.6 is 0 Å². The molecule has 9 aromatic rings. The van der Waals surface area contributed by atoms with Gasteiger partial charge in [-0.2, -0.15) is 0 Å². The molecule has 8 aromatic carbocycles. The van der Waals surface area contributed by atoms with Crippen LogP contribution < -0.4 is 5.32 Å². The smallest absolute Gasteiger partial charge is 0.139 e. The number of nitrogens with one attached hydrogen (secondary N) is 1. The molecule has 2 aliphatic rings. The first-order chi connectivity index (χ1) is 28.7. The summed E-state index contributed by atoms with van der Waals surface area (Å²) in [5, 5.41) is 8.87. The number of para-hydroxylation sites is 1. The van der Waals surface area contributed by atoms with Gasteiger partial charge in [-0.25, -0.2) is 0 Å². The molecule has 0 radical (unpaired) electrons. The Morgan fingerprint density at radius 3 is 2.16 bits per heavy atom. The topological polar surface area (TPSA) is 37.5 Å². The number of furan rings is 1. The first-order valence-electron chi connectivity index (χ1n) is 20.7. The number of rotatable bonds is 5. The van der Waals surface area contributed by atoms with E-state index in [-0.39, 0.29) is 18.1 Å². The molecule has 1 aromatic heterocycles. The molecule has 0 bridgehead atoms. The summed E-state index contributed by atoms with van der Waals surface area (Å²) < 4.78 is 7.24. The summed E-state index contributed by atoms with van der Waals surface area (Å²) in [6, 6.07) is 66.4. The molecule has 2 heterocycles. The largest absolute Gasteiger partial charge is 0.456 e. The Bertz CT molecular complexity index is 3000. The molecule has 0 spiro atoms. The minimum atomic E-state index is -0.335. The Balaban J connectivity index is 1.16. The Morgan fingerprint density at radius 1 is 0.569 bits per heavy atom. The van der Waals surface area contributed by atoms with Gasteiger partial charge in [0.2, 0.25) is 0 Å². The maximum absolute atomic E-state index is 7.24. The highest BCUT2D eigenvalue weighted by Gasteiger charge is 2.32. The number of hydrogen-bond donors (Lipinski definition) is 1. The second-order valence-corrected chi connectivity index (χ2v) is 16.2. The molecule has 0 amide bonds. The Morgan fingerprint density at radius 2 is 1.29 bits per heavy atom. The maximum atomic E-state index is 7.24.